The quantitative estimate of drug-likeness (QED) is 0.648. The van der Waals surface area contributed by atoms with E-state index in [0.717, 1.165) is 0 Å². The second kappa shape index (κ2) is 3.04. The minimum Gasteiger partial charge on any atom is -0.486 e. The van der Waals surface area contributed by atoms with Crippen LogP contribution in [0.3, 0.4) is 0 Å². The molecule has 1 aliphatic rings. The topological polar surface area (TPSA) is 18.5 Å². The number of halogens is 2. The molecular weight excluding hydrogens is 199 g/mol. The van der Waals surface area contributed by atoms with Crippen molar-refractivity contribution < 1.29 is 9.47 Å². The van der Waals surface area contributed by atoms with Gasteiger partial charge in [0.05, 0.1) is 5.02 Å². The Bertz CT molecular complexity index is 312. The molecule has 1 aromatic carbocycles. The number of benzene rings is 1. The summed E-state index contributed by atoms with van der Waals surface area (Å²) in [5, 5.41) is 1.06. The van der Waals surface area contributed by atoms with Gasteiger partial charge >= 0.3 is 0 Å². The summed E-state index contributed by atoms with van der Waals surface area (Å²) in [4.78, 5) is 0. The molecule has 64 valence electrons. The highest BCUT2D eigenvalue weighted by atomic mass is 35.5. The summed E-state index contributed by atoms with van der Waals surface area (Å²) in [7, 11) is 0. The number of fused-ring (bicyclic) bond motifs is 1. The Labute approximate surface area is 80.0 Å². The molecule has 1 aromatic rings. The third kappa shape index (κ3) is 1.32. The fourth-order valence-corrected chi connectivity index (χ4v) is 1.61. The molecule has 0 aliphatic carbocycles. The molecule has 0 atom stereocenters. The van der Waals surface area contributed by atoms with Crippen LogP contribution >= 0.6 is 23.2 Å². The van der Waals surface area contributed by atoms with Crippen LogP contribution in [0.2, 0.25) is 10.0 Å². The highest BCUT2D eigenvalue weighted by molar-refractivity contribution is 6.35. The zero-order chi connectivity index (χ0) is 8.55. The number of hydrogen-bond donors (Lipinski definition) is 0. The Hall–Kier alpha value is -0.600. The first-order chi connectivity index (χ1) is 5.77. The van der Waals surface area contributed by atoms with E-state index in [2.05, 4.69) is 0 Å². The van der Waals surface area contributed by atoms with Crippen LogP contribution in [-0.4, -0.2) is 13.2 Å². The predicted octanol–water partition coefficient (Wildman–Crippen LogP) is 2.76. The normalized spacial score (nSPS) is 14.5. The SMILES string of the molecule is Clc1cc(Cl)c2c(c1)OCCO2. The van der Waals surface area contributed by atoms with Crippen molar-refractivity contribution in [1.29, 1.82) is 0 Å². The first kappa shape index (κ1) is 8.02. The Morgan fingerprint density at radius 2 is 1.83 bits per heavy atom. The van der Waals surface area contributed by atoms with Crippen molar-refractivity contribution >= 4 is 23.2 Å². The van der Waals surface area contributed by atoms with Gasteiger partial charge in [0.25, 0.3) is 0 Å². The summed E-state index contributed by atoms with van der Waals surface area (Å²) < 4.78 is 10.6. The molecule has 2 nitrogen and oxygen atoms in total. The van der Waals surface area contributed by atoms with E-state index >= 15 is 0 Å². The molecule has 1 aliphatic heterocycles. The van der Waals surface area contributed by atoms with Crippen molar-refractivity contribution in [2.45, 2.75) is 0 Å². The van der Waals surface area contributed by atoms with E-state index in [1.807, 2.05) is 0 Å². The molecule has 0 amide bonds. The molecular formula is C8H6Cl2O2. The lowest BCUT2D eigenvalue weighted by Gasteiger charge is -2.19. The van der Waals surface area contributed by atoms with Crippen molar-refractivity contribution in [3.05, 3.63) is 22.2 Å². The van der Waals surface area contributed by atoms with Gasteiger partial charge in [0, 0.05) is 11.1 Å². The highest BCUT2D eigenvalue weighted by Crippen LogP contribution is 2.39. The molecule has 0 N–H and O–H groups in total. The lowest BCUT2D eigenvalue weighted by atomic mass is 10.3. The largest absolute Gasteiger partial charge is 0.486 e. The molecule has 0 bridgehead atoms. The van der Waals surface area contributed by atoms with Gasteiger partial charge in [-0.1, -0.05) is 23.2 Å². The molecule has 0 spiro atoms. The fraction of sp³-hybridized carbons (Fsp3) is 0.250. The second-order valence-electron chi connectivity index (χ2n) is 2.41. The Kier molecular flexibility index (Phi) is 2.03. The van der Waals surface area contributed by atoms with Gasteiger partial charge in [0.1, 0.15) is 13.2 Å². The number of hydrogen-bond acceptors (Lipinski definition) is 2. The van der Waals surface area contributed by atoms with Gasteiger partial charge in [0.15, 0.2) is 11.5 Å². The molecule has 0 unspecified atom stereocenters. The van der Waals surface area contributed by atoms with Gasteiger partial charge in [-0.05, 0) is 6.07 Å². The van der Waals surface area contributed by atoms with E-state index in [0.29, 0.717) is 34.8 Å². The zero-order valence-corrected chi connectivity index (χ0v) is 7.65. The van der Waals surface area contributed by atoms with Gasteiger partial charge in [0.2, 0.25) is 0 Å². The summed E-state index contributed by atoms with van der Waals surface area (Å²) in [5.41, 5.74) is 0. The molecule has 0 saturated heterocycles. The van der Waals surface area contributed by atoms with E-state index in [4.69, 9.17) is 32.7 Å². The van der Waals surface area contributed by atoms with Crippen molar-refractivity contribution in [2.75, 3.05) is 13.2 Å². The maximum Gasteiger partial charge on any atom is 0.180 e. The number of ether oxygens (including phenoxy) is 2. The van der Waals surface area contributed by atoms with Crippen molar-refractivity contribution in [3.63, 3.8) is 0 Å². The molecule has 4 heteroatoms. The van der Waals surface area contributed by atoms with Crippen LogP contribution in [-0.2, 0) is 0 Å². The summed E-state index contributed by atoms with van der Waals surface area (Å²) >= 11 is 11.6. The van der Waals surface area contributed by atoms with Gasteiger partial charge in [-0.2, -0.15) is 0 Å². The van der Waals surface area contributed by atoms with Crippen molar-refractivity contribution in [2.24, 2.45) is 0 Å². The van der Waals surface area contributed by atoms with Crippen LogP contribution in [0.1, 0.15) is 0 Å². The van der Waals surface area contributed by atoms with Crippen LogP contribution in [0.25, 0.3) is 0 Å². The molecule has 0 fully saturated rings. The standard InChI is InChI=1S/C8H6Cl2O2/c9-5-3-6(10)8-7(4-5)11-1-2-12-8/h3-4H,1-2H2. The van der Waals surface area contributed by atoms with E-state index in [-0.39, 0.29) is 0 Å². The maximum absolute atomic E-state index is 5.86. The molecule has 12 heavy (non-hydrogen) atoms. The second-order valence-corrected chi connectivity index (χ2v) is 3.26. The third-order valence-electron chi connectivity index (χ3n) is 1.56. The van der Waals surface area contributed by atoms with Crippen LogP contribution in [0.5, 0.6) is 11.5 Å². The fourth-order valence-electron chi connectivity index (χ4n) is 1.08. The molecule has 2 rings (SSSR count). The molecule has 0 saturated carbocycles. The smallest absolute Gasteiger partial charge is 0.180 e. The Morgan fingerprint density at radius 1 is 1.08 bits per heavy atom. The average Bonchev–Trinajstić information content (AvgIpc) is 2.04. The molecule has 0 radical (unpaired) electrons. The van der Waals surface area contributed by atoms with Crippen LogP contribution in [0.4, 0.5) is 0 Å². The summed E-state index contributed by atoms with van der Waals surface area (Å²) in [6, 6.07) is 3.33. The summed E-state index contributed by atoms with van der Waals surface area (Å²) in [6.07, 6.45) is 0. The van der Waals surface area contributed by atoms with Gasteiger partial charge in [-0.25, -0.2) is 0 Å². The van der Waals surface area contributed by atoms with E-state index in [1.165, 1.54) is 0 Å². The van der Waals surface area contributed by atoms with Crippen LogP contribution in [0, 0.1) is 0 Å². The van der Waals surface area contributed by atoms with Gasteiger partial charge in [-0.15, -0.1) is 0 Å². The first-order valence-corrected chi connectivity index (χ1v) is 4.27. The molecule has 1 heterocycles. The van der Waals surface area contributed by atoms with Crippen LogP contribution < -0.4 is 9.47 Å². The average molecular weight is 205 g/mol. The van der Waals surface area contributed by atoms with Gasteiger partial charge < -0.3 is 9.47 Å². The van der Waals surface area contributed by atoms with E-state index in [9.17, 15) is 0 Å². The lowest BCUT2D eigenvalue weighted by Crippen LogP contribution is -2.15. The summed E-state index contributed by atoms with van der Waals surface area (Å²) in [5.74, 6) is 1.21. The Morgan fingerprint density at radius 3 is 2.67 bits per heavy atom. The first-order valence-electron chi connectivity index (χ1n) is 3.52. The highest BCUT2D eigenvalue weighted by Gasteiger charge is 2.15. The van der Waals surface area contributed by atoms with Crippen molar-refractivity contribution in [3.8, 4) is 11.5 Å². The van der Waals surface area contributed by atoms with E-state index in [1.54, 1.807) is 12.1 Å². The predicted molar refractivity (Wildman–Crippen MR) is 47.5 cm³/mol. The van der Waals surface area contributed by atoms with E-state index < -0.39 is 0 Å². The minimum atomic E-state index is 0.497. The number of rotatable bonds is 0. The van der Waals surface area contributed by atoms with Crippen LogP contribution in [0.15, 0.2) is 12.1 Å². The molecule has 0 aromatic heterocycles. The maximum atomic E-state index is 5.86. The van der Waals surface area contributed by atoms with Crippen molar-refractivity contribution in [1.82, 2.24) is 0 Å². The monoisotopic (exact) mass is 204 g/mol. The minimum absolute atomic E-state index is 0.497. The summed E-state index contributed by atoms with van der Waals surface area (Å²) in [6.45, 7) is 1.08. The zero-order valence-electron chi connectivity index (χ0n) is 6.14. The van der Waals surface area contributed by atoms with Gasteiger partial charge in [-0.3, -0.25) is 0 Å². The lowest BCUT2D eigenvalue weighted by molar-refractivity contribution is 0.171. The Balaban J connectivity index is 2.53. The third-order valence-corrected chi connectivity index (χ3v) is 2.06.